The predicted octanol–water partition coefficient (Wildman–Crippen LogP) is 4.45. The largest absolute Gasteiger partial charge is 0.453 e. The van der Waals surface area contributed by atoms with Crippen molar-refractivity contribution < 1.29 is 23.8 Å². The zero-order valence-electron chi connectivity index (χ0n) is 26.3. The molecule has 3 N–H and O–H groups in total. The lowest BCUT2D eigenvalue weighted by Crippen LogP contribution is -2.40. The molecule has 3 fully saturated rings. The van der Waals surface area contributed by atoms with E-state index in [1.807, 2.05) is 12.4 Å². The Morgan fingerprint density at radius 1 is 0.957 bits per heavy atom. The Morgan fingerprint density at radius 3 is 2.22 bits per heavy atom. The standard InChI is InChI=1S/C34H39N7O5/c1-33(20-34(21-40(33)2)45-15-16-46-34)31-36-18-27(39-31)25-12-8-23(9-13-25)22-6-10-24(11-7-22)26-17-35-30(38-26)28-5-4-14-41(28)29(42)19-37-32(43)44-3/h6-13,17-18,28H,4-5,14-16,19-21H2,1-3H3,(H,35,38)(H,36,39)(H,37,43)/t28-,33-/m0/s1. The van der Waals surface area contributed by atoms with E-state index in [0.717, 1.165) is 64.6 Å². The maximum atomic E-state index is 12.7. The van der Waals surface area contributed by atoms with Gasteiger partial charge in [0.1, 0.15) is 18.2 Å². The zero-order chi connectivity index (χ0) is 31.9. The molecule has 2 aromatic carbocycles. The van der Waals surface area contributed by atoms with Crippen LogP contribution < -0.4 is 5.32 Å². The van der Waals surface area contributed by atoms with E-state index in [0.29, 0.717) is 26.3 Å². The van der Waals surface area contributed by atoms with E-state index in [2.05, 4.69) is 92.4 Å². The molecule has 2 atom stereocenters. The molecule has 12 nitrogen and oxygen atoms in total. The fraction of sp³-hybridized carbons (Fsp3) is 0.412. The molecule has 1 spiro atoms. The molecule has 0 radical (unpaired) electrons. The number of methoxy groups -OCH3 is 1. The van der Waals surface area contributed by atoms with Gasteiger partial charge in [-0.1, -0.05) is 48.5 Å². The van der Waals surface area contributed by atoms with Crippen molar-refractivity contribution in [3.05, 3.63) is 72.6 Å². The molecule has 2 aromatic heterocycles. The van der Waals surface area contributed by atoms with Crippen molar-refractivity contribution in [3.63, 3.8) is 0 Å². The van der Waals surface area contributed by atoms with E-state index in [4.69, 9.17) is 14.5 Å². The minimum atomic E-state index is -0.624. The van der Waals surface area contributed by atoms with E-state index in [-0.39, 0.29) is 24.0 Å². The molecule has 0 saturated carbocycles. The van der Waals surface area contributed by atoms with Gasteiger partial charge >= 0.3 is 6.09 Å². The average Bonchev–Trinajstić information content (AvgIpc) is 3.91. The van der Waals surface area contributed by atoms with Crippen molar-refractivity contribution >= 4 is 12.0 Å². The summed E-state index contributed by atoms with van der Waals surface area (Å²) in [4.78, 5) is 44.5. The molecular weight excluding hydrogens is 586 g/mol. The van der Waals surface area contributed by atoms with Gasteiger partial charge in [-0.2, -0.15) is 0 Å². The van der Waals surface area contributed by atoms with E-state index in [1.54, 1.807) is 4.90 Å². The second-order valence-corrected chi connectivity index (χ2v) is 12.5. The predicted molar refractivity (Wildman–Crippen MR) is 170 cm³/mol. The van der Waals surface area contributed by atoms with E-state index < -0.39 is 11.9 Å². The maximum Gasteiger partial charge on any atom is 0.407 e. The molecule has 240 valence electrons. The van der Waals surface area contributed by atoms with Gasteiger partial charge in [0.2, 0.25) is 5.91 Å². The number of H-pyrrole nitrogens is 2. The minimum absolute atomic E-state index is 0.106. The SMILES string of the molecule is COC(=O)NCC(=O)N1CCC[C@H]1c1ncc(-c2ccc(-c3ccc(-c4cnc([C@]5(C)CC6(CN5C)OCCO6)[nH]4)cc3)cc2)[nH]1. The van der Waals surface area contributed by atoms with Crippen molar-refractivity contribution in [1.82, 2.24) is 35.1 Å². The summed E-state index contributed by atoms with van der Waals surface area (Å²) in [6.45, 7) is 4.69. The summed E-state index contributed by atoms with van der Waals surface area (Å²) in [5.41, 5.74) is 5.84. The number of ether oxygens (including phenoxy) is 3. The Balaban J connectivity index is 1.01. The Hall–Kier alpha value is -4.52. The lowest BCUT2D eigenvalue weighted by atomic mass is 9.96. The summed E-state index contributed by atoms with van der Waals surface area (Å²) in [6.07, 6.45) is 5.50. The monoisotopic (exact) mass is 625 g/mol. The van der Waals surface area contributed by atoms with Gasteiger partial charge in [-0.05, 0) is 49.1 Å². The number of hydrogen-bond acceptors (Lipinski definition) is 8. The number of nitrogens with zero attached hydrogens (tertiary/aromatic N) is 4. The van der Waals surface area contributed by atoms with Crippen LogP contribution in [-0.2, 0) is 24.5 Å². The summed E-state index contributed by atoms with van der Waals surface area (Å²) in [7, 11) is 3.37. The lowest BCUT2D eigenvalue weighted by molar-refractivity contribution is -0.146. The summed E-state index contributed by atoms with van der Waals surface area (Å²) in [5.74, 6) is 0.947. The highest BCUT2D eigenvalue weighted by Gasteiger charge is 2.55. The number of aromatic amines is 2. The smallest absolute Gasteiger partial charge is 0.407 e. The van der Waals surface area contributed by atoms with Gasteiger partial charge in [-0.25, -0.2) is 14.8 Å². The fourth-order valence-corrected chi connectivity index (χ4v) is 6.96. The van der Waals surface area contributed by atoms with E-state index in [9.17, 15) is 9.59 Å². The molecule has 0 unspecified atom stereocenters. The summed E-state index contributed by atoms with van der Waals surface area (Å²) >= 11 is 0. The number of amides is 2. The molecule has 3 aliphatic heterocycles. The van der Waals surface area contributed by atoms with Crippen LogP contribution >= 0.6 is 0 Å². The van der Waals surface area contributed by atoms with Crippen molar-refractivity contribution in [2.45, 2.75) is 43.6 Å². The lowest BCUT2D eigenvalue weighted by Gasteiger charge is -2.29. The van der Waals surface area contributed by atoms with Gasteiger partial charge in [0.05, 0.1) is 62.2 Å². The Bertz CT molecular complexity index is 1710. The number of aromatic nitrogens is 4. The molecule has 46 heavy (non-hydrogen) atoms. The van der Waals surface area contributed by atoms with Crippen molar-refractivity contribution in [3.8, 4) is 33.6 Å². The van der Waals surface area contributed by atoms with Crippen LogP contribution in [0.25, 0.3) is 33.6 Å². The summed E-state index contributed by atoms with van der Waals surface area (Å²) in [6, 6.07) is 16.7. The number of carbonyl (C=O) groups is 2. The van der Waals surface area contributed by atoms with Crippen LogP contribution in [0.5, 0.6) is 0 Å². The first-order valence-corrected chi connectivity index (χ1v) is 15.7. The van der Waals surface area contributed by atoms with Crippen LogP contribution in [0.2, 0.25) is 0 Å². The number of likely N-dealkylation sites (N-methyl/N-ethyl adjacent to an activating group) is 1. The van der Waals surface area contributed by atoms with Crippen molar-refractivity contribution in [1.29, 1.82) is 0 Å². The highest BCUT2D eigenvalue weighted by molar-refractivity contribution is 5.82. The number of hydrogen-bond donors (Lipinski definition) is 3. The first-order valence-electron chi connectivity index (χ1n) is 15.7. The van der Waals surface area contributed by atoms with E-state index >= 15 is 0 Å². The van der Waals surface area contributed by atoms with Gasteiger partial charge in [0.25, 0.3) is 0 Å². The maximum absolute atomic E-state index is 12.7. The number of imidazole rings is 2. The van der Waals surface area contributed by atoms with Crippen LogP contribution in [0.15, 0.2) is 60.9 Å². The molecule has 7 rings (SSSR count). The third-order valence-corrected chi connectivity index (χ3v) is 9.61. The first kappa shape index (κ1) is 30.2. The molecule has 12 heteroatoms. The average molecular weight is 626 g/mol. The summed E-state index contributed by atoms with van der Waals surface area (Å²) in [5, 5.41) is 2.47. The first-order chi connectivity index (χ1) is 22.3. The van der Waals surface area contributed by atoms with Crippen LogP contribution in [0.3, 0.4) is 0 Å². The highest BCUT2D eigenvalue weighted by atomic mass is 16.7. The quantitative estimate of drug-likeness (QED) is 0.274. The van der Waals surface area contributed by atoms with Crippen molar-refractivity contribution in [2.75, 3.05) is 47.0 Å². The second kappa shape index (κ2) is 12.0. The Kier molecular flexibility index (Phi) is 7.87. The number of carbonyl (C=O) groups excluding carboxylic acids is 2. The number of nitrogens with one attached hydrogen (secondary N) is 3. The van der Waals surface area contributed by atoms with Gasteiger partial charge in [0.15, 0.2) is 5.79 Å². The van der Waals surface area contributed by atoms with Gasteiger partial charge in [-0.15, -0.1) is 0 Å². The number of benzene rings is 2. The van der Waals surface area contributed by atoms with Crippen LogP contribution in [0, 0.1) is 0 Å². The van der Waals surface area contributed by atoms with Gasteiger partial charge in [-0.3, -0.25) is 9.69 Å². The highest BCUT2D eigenvalue weighted by Crippen LogP contribution is 2.45. The normalized spacial score (nSPS) is 22.5. The number of likely N-dealkylation sites (tertiary alicyclic amines) is 2. The molecular formula is C34H39N7O5. The molecule has 2 amide bonds. The Morgan fingerprint density at radius 2 is 1.57 bits per heavy atom. The second-order valence-electron chi connectivity index (χ2n) is 12.5. The van der Waals surface area contributed by atoms with Crippen LogP contribution in [-0.4, -0.2) is 94.5 Å². The fourth-order valence-electron chi connectivity index (χ4n) is 6.96. The zero-order valence-corrected chi connectivity index (χ0v) is 26.3. The molecule has 3 saturated heterocycles. The third-order valence-electron chi connectivity index (χ3n) is 9.61. The minimum Gasteiger partial charge on any atom is -0.453 e. The van der Waals surface area contributed by atoms with Crippen LogP contribution in [0.4, 0.5) is 4.79 Å². The van der Waals surface area contributed by atoms with Crippen LogP contribution in [0.1, 0.15) is 43.9 Å². The molecule has 3 aliphatic rings. The van der Waals surface area contributed by atoms with E-state index in [1.165, 1.54) is 7.11 Å². The third kappa shape index (κ3) is 5.57. The topological polar surface area (TPSA) is 138 Å². The molecule has 0 bridgehead atoms. The van der Waals surface area contributed by atoms with Gasteiger partial charge in [0, 0.05) is 13.0 Å². The Labute approximate surface area is 267 Å². The number of alkyl carbamates (subject to hydrolysis) is 1. The van der Waals surface area contributed by atoms with Gasteiger partial charge < -0.3 is 34.4 Å². The molecule has 4 aromatic rings. The molecule has 5 heterocycles. The van der Waals surface area contributed by atoms with Crippen molar-refractivity contribution in [2.24, 2.45) is 0 Å². The molecule has 0 aliphatic carbocycles. The summed E-state index contributed by atoms with van der Waals surface area (Å²) < 4.78 is 16.5. The number of rotatable bonds is 7.